The van der Waals surface area contributed by atoms with E-state index in [1.807, 2.05) is 6.07 Å². The standard InChI is InChI=1S/C14H25N5/c1-3-5-12-16-13(18-15)10-14(17-12)19-8-4-6-11(2)7-9-19/h10-11H,3-9,15H2,1-2H3,(H,16,17,18). The lowest BCUT2D eigenvalue weighted by molar-refractivity contribution is 0.521. The van der Waals surface area contributed by atoms with Crippen LogP contribution in [0.1, 0.15) is 45.4 Å². The molecule has 2 heterocycles. The molecule has 3 N–H and O–H groups in total. The lowest BCUT2D eigenvalue weighted by Gasteiger charge is -2.22. The smallest absolute Gasteiger partial charge is 0.145 e. The van der Waals surface area contributed by atoms with Crippen molar-refractivity contribution in [3.05, 3.63) is 11.9 Å². The van der Waals surface area contributed by atoms with Gasteiger partial charge in [0.2, 0.25) is 0 Å². The Labute approximate surface area is 115 Å². The number of rotatable bonds is 4. The molecule has 1 aliphatic heterocycles. The van der Waals surface area contributed by atoms with Crippen LogP contribution >= 0.6 is 0 Å². The third-order valence-electron chi connectivity index (χ3n) is 3.72. The monoisotopic (exact) mass is 263 g/mol. The van der Waals surface area contributed by atoms with Crippen LogP contribution in [0.4, 0.5) is 11.6 Å². The highest BCUT2D eigenvalue weighted by Crippen LogP contribution is 2.22. The van der Waals surface area contributed by atoms with Gasteiger partial charge in [0, 0.05) is 25.6 Å². The van der Waals surface area contributed by atoms with E-state index in [9.17, 15) is 0 Å². The summed E-state index contributed by atoms with van der Waals surface area (Å²) in [7, 11) is 0. The molecule has 0 aromatic carbocycles. The van der Waals surface area contributed by atoms with Crippen molar-refractivity contribution in [3.63, 3.8) is 0 Å². The van der Waals surface area contributed by atoms with Gasteiger partial charge in [-0.3, -0.25) is 0 Å². The molecule has 1 saturated heterocycles. The predicted octanol–water partition coefficient (Wildman–Crippen LogP) is 2.34. The number of nitrogen functional groups attached to an aromatic ring is 1. The number of nitrogens with one attached hydrogen (secondary N) is 1. The van der Waals surface area contributed by atoms with Crippen molar-refractivity contribution in [3.8, 4) is 0 Å². The van der Waals surface area contributed by atoms with Gasteiger partial charge in [-0.15, -0.1) is 0 Å². The quantitative estimate of drug-likeness (QED) is 0.644. The molecule has 0 aliphatic carbocycles. The van der Waals surface area contributed by atoms with Crippen LogP contribution in [0.3, 0.4) is 0 Å². The highest BCUT2D eigenvalue weighted by molar-refractivity contribution is 5.49. The van der Waals surface area contributed by atoms with Crippen LogP contribution in [0.5, 0.6) is 0 Å². The summed E-state index contributed by atoms with van der Waals surface area (Å²) >= 11 is 0. The van der Waals surface area contributed by atoms with E-state index in [2.05, 4.69) is 34.1 Å². The Morgan fingerprint density at radius 1 is 1.37 bits per heavy atom. The first-order valence-electron chi connectivity index (χ1n) is 7.32. The molecule has 0 amide bonds. The minimum absolute atomic E-state index is 0.714. The van der Waals surface area contributed by atoms with Gasteiger partial charge in [-0.2, -0.15) is 0 Å². The van der Waals surface area contributed by atoms with Crippen LogP contribution in [0.25, 0.3) is 0 Å². The van der Waals surface area contributed by atoms with E-state index in [1.54, 1.807) is 0 Å². The molecule has 1 aliphatic rings. The molecule has 5 nitrogen and oxygen atoms in total. The zero-order valence-corrected chi connectivity index (χ0v) is 12.0. The highest BCUT2D eigenvalue weighted by atomic mass is 15.3. The van der Waals surface area contributed by atoms with Crippen molar-refractivity contribution >= 4 is 11.6 Å². The van der Waals surface area contributed by atoms with Gasteiger partial charge in [-0.05, 0) is 31.6 Å². The van der Waals surface area contributed by atoms with Gasteiger partial charge in [0.05, 0.1) is 0 Å². The van der Waals surface area contributed by atoms with E-state index >= 15 is 0 Å². The molecule has 0 spiro atoms. The second-order valence-electron chi connectivity index (χ2n) is 5.45. The molecular weight excluding hydrogens is 238 g/mol. The van der Waals surface area contributed by atoms with Gasteiger partial charge in [-0.1, -0.05) is 13.8 Å². The van der Waals surface area contributed by atoms with Crippen molar-refractivity contribution in [1.82, 2.24) is 9.97 Å². The second-order valence-corrected chi connectivity index (χ2v) is 5.45. The topological polar surface area (TPSA) is 67.1 Å². The second kappa shape index (κ2) is 6.70. The van der Waals surface area contributed by atoms with Crippen LogP contribution in [-0.2, 0) is 6.42 Å². The molecular formula is C14H25N5. The van der Waals surface area contributed by atoms with E-state index in [-0.39, 0.29) is 0 Å². The fourth-order valence-corrected chi connectivity index (χ4v) is 2.55. The molecule has 1 aromatic heterocycles. The minimum atomic E-state index is 0.714. The molecule has 1 aromatic rings. The van der Waals surface area contributed by atoms with Gasteiger partial charge >= 0.3 is 0 Å². The third-order valence-corrected chi connectivity index (χ3v) is 3.72. The minimum Gasteiger partial charge on any atom is -0.356 e. The van der Waals surface area contributed by atoms with Gasteiger partial charge in [-0.25, -0.2) is 15.8 Å². The Kier molecular flexibility index (Phi) is 4.96. The zero-order chi connectivity index (χ0) is 13.7. The molecule has 0 radical (unpaired) electrons. The largest absolute Gasteiger partial charge is 0.356 e. The maximum absolute atomic E-state index is 5.51. The van der Waals surface area contributed by atoms with Crippen LogP contribution < -0.4 is 16.2 Å². The maximum Gasteiger partial charge on any atom is 0.145 e. The number of hydrogen-bond acceptors (Lipinski definition) is 5. The Hall–Kier alpha value is -1.36. The summed E-state index contributed by atoms with van der Waals surface area (Å²) in [5, 5.41) is 0. The van der Waals surface area contributed by atoms with E-state index in [0.29, 0.717) is 5.82 Å². The molecule has 1 fully saturated rings. The molecule has 19 heavy (non-hydrogen) atoms. The van der Waals surface area contributed by atoms with E-state index < -0.39 is 0 Å². The summed E-state index contributed by atoms with van der Waals surface area (Å²) in [5.74, 6) is 8.93. The Balaban J connectivity index is 2.19. The Morgan fingerprint density at radius 3 is 2.95 bits per heavy atom. The number of aryl methyl sites for hydroxylation is 1. The van der Waals surface area contributed by atoms with Crippen LogP contribution in [-0.4, -0.2) is 23.1 Å². The highest BCUT2D eigenvalue weighted by Gasteiger charge is 2.16. The molecule has 0 bridgehead atoms. The Bertz CT molecular complexity index is 407. The number of nitrogens with zero attached hydrogens (tertiary/aromatic N) is 3. The van der Waals surface area contributed by atoms with Gasteiger partial charge in [0.25, 0.3) is 0 Å². The molecule has 1 atom stereocenters. The molecule has 106 valence electrons. The maximum atomic E-state index is 5.51. The van der Waals surface area contributed by atoms with Crippen molar-refractivity contribution in [1.29, 1.82) is 0 Å². The average Bonchev–Trinajstić information content (AvgIpc) is 2.63. The van der Waals surface area contributed by atoms with Crippen LogP contribution in [0.2, 0.25) is 0 Å². The van der Waals surface area contributed by atoms with E-state index in [0.717, 1.165) is 43.5 Å². The van der Waals surface area contributed by atoms with Gasteiger partial charge < -0.3 is 10.3 Å². The van der Waals surface area contributed by atoms with Crippen molar-refractivity contribution in [2.24, 2.45) is 11.8 Å². The lowest BCUT2D eigenvalue weighted by Crippen LogP contribution is -2.26. The summed E-state index contributed by atoms with van der Waals surface area (Å²) in [6.07, 6.45) is 5.72. The zero-order valence-electron chi connectivity index (χ0n) is 12.0. The number of anilines is 2. The average molecular weight is 263 g/mol. The first kappa shape index (κ1) is 14.1. The fraction of sp³-hybridized carbons (Fsp3) is 0.714. The summed E-state index contributed by atoms with van der Waals surface area (Å²) in [4.78, 5) is 11.4. The fourth-order valence-electron chi connectivity index (χ4n) is 2.55. The van der Waals surface area contributed by atoms with Gasteiger partial charge in [0.1, 0.15) is 17.5 Å². The Morgan fingerprint density at radius 2 is 2.21 bits per heavy atom. The van der Waals surface area contributed by atoms with E-state index in [4.69, 9.17) is 5.84 Å². The van der Waals surface area contributed by atoms with E-state index in [1.165, 1.54) is 19.3 Å². The normalized spacial score (nSPS) is 20.2. The summed E-state index contributed by atoms with van der Waals surface area (Å²) in [6.45, 7) is 6.63. The number of nitrogens with two attached hydrogens (primary N) is 1. The number of hydrogen-bond donors (Lipinski definition) is 2. The van der Waals surface area contributed by atoms with Crippen molar-refractivity contribution in [2.75, 3.05) is 23.4 Å². The summed E-state index contributed by atoms with van der Waals surface area (Å²) in [5.41, 5.74) is 2.65. The summed E-state index contributed by atoms with van der Waals surface area (Å²) < 4.78 is 0. The van der Waals surface area contributed by atoms with Crippen molar-refractivity contribution < 1.29 is 0 Å². The van der Waals surface area contributed by atoms with Crippen LogP contribution in [0, 0.1) is 5.92 Å². The first-order valence-corrected chi connectivity index (χ1v) is 7.32. The predicted molar refractivity (Wildman–Crippen MR) is 79.1 cm³/mol. The van der Waals surface area contributed by atoms with Gasteiger partial charge in [0.15, 0.2) is 0 Å². The third kappa shape index (κ3) is 3.80. The molecule has 2 rings (SSSR count). The summed E-state index contributed by atoms with van der Waals surface area (Å²) in [6, 6.07) is 1.95. The van der Waals surface area contributed by atoms with Crippen LogP contribution in [0.15, 0.2) is 6.07 Å². The number of hydrazine groups is 1. The molecule has 0 saturated carbocycles. The first-order chi connectivity index (χ1) is 9.22. The lowest BCUT2D eigenvalue weighted by atomic mass is 10.0. The molecule has 5 heteroatoms. The SMILES string of the molecule is CCCc1nc(NN)cc(N2CCCC(C)CC2)n1. The van der Waals surface area contributed by atoms with Crippen molar-refractivity contribution in [2.45, 2.75) is 46.0 Å². The number of aromatic nitrogens is 2. The molecule has 1 unspecified atom stereocenters.